The van der Waals surface area contributed by atoms with Crippen molar-refractivity contribution in [2.45, 2.75) is 4.90 Å². The minimum absolute atomic E-state index is 0.130. The van der Waals surface area contributed by atoms with E-state index in [1.54, 1.807) is 30.8 Å². The van der Waals surface area contributed by atoms with Gasteiger partial charge in [-0.15, -0.1) is 11.8 Å². The second kappa shape index (κ2) is 5.41. The normalized spacial score (nSPS) is 9.93. The van der Waals surface area contributed by atoms with Crippen molar-refractivity contribution in [2.24, 2.45) is 0 Å². The molecule has 0 aliphatic heterocycles. The lowest BCUT2D eigenvalue weighted by Crippen LogP contribution is -2.23. The highest BCUT2D eigenvalue weighted by molar-refractivity contribution is 9.10. The molecule has 0 saturated carbocycles. The summed E-state index contributed by atoms with van der Waals surface area (Å²) in [5.41, 5.74) is 0. The van der Waals surface area contributed by atoms with Crippen LogP contribution in [0.4, 0.5) is 0 Å². The highest BCUT2D eigenvalue weighted by atomic mass is 79.9. The molecule has 0 fully saturated rings. The zero-order valence-corrected chi connectivity index (χ0v) is 10.6. The topological polar surface area (TPSA) is 20.3 Å². The van der Waals surface area contributed by atoms with Gasteiger partial charge in [0.15, 0.2) is 0 Å². The molecule has 14 heavy (non-hydrogen) atoms. The largest absolute Gasteiger partial charge is 0.348 e. The minimum Gasteiger partial charge on any atom is -0.348 e. The molecule has 0 spiro atoms. The van der Waals surface area contributed by atoms with E-state index in [0.717, 1.165) is 9.37 Å². The number of hydrogen-bond donors (Lipinski definition) is 0. The van der Waals surface area contributed by atoms with E-state index in [1.165, 1.54) is 0 Å². The van der Waals surface area contributed by atoms with Gasteiger partial charge in [-0.2, -0.15) is 0 Å². The minimum atomic E-state index is 0.130. The fourth-order valence-electron chi connectivity index (χ4n) is 0.830. The van der Waals surface area contributed by atoms with E-state index >= 15 is 0 Å². The summed E-state index contributed by atoms with van der Waals surface area (Å²) in [6.07, 6.45) is 0. The van der Waals surface area contributed by atoms with Gasteiger partial charge in [0, 0.05) is 23.5 Å². The third-order valence-electron chi connectivity index (χ3n) is 1.69. The average molecular weight is 274 g/mol. The zero-order valence-electron chi connectivity index (χ0n) is 8.16. The summed E-state index contributed by atoms with van der Waals surface area (Å²) < 4.78 is 1.04. The van der Waals surface area contributed by atoms with Crippen molar-refractivity contribution in [1.82, 2.24) is 4.90 Å². The molecule has 0 bridgehead atoms. The Labute approximate surface area is 96.8 Å². The van der Waals surface area contributed by atoms with Gasteiger partial charge in [0.1, 0.15) is 0 Å². The van der Waals surface area contributed by atoms with Crippen molar-refractivity contribution in [2.75, 3.05) is 19.8 Å². The van der Waals surface area contributed by atoms with Crippen LogP contribution in [-0.4, -0.2) is 30.7 Å². The van der Waals surface area contributed by atoms with Gasteiger partial charge in [-0.3, -0.25) is 4.79 Å². The predicted molar refractivity (Wildman–Crippen MR) is 63.6 cm³/mol. The van der Waals surface area contributed by atoms with Crippen LogP contribution in [0.25, 0.3) is 0 Å². The van der Waals surface area contributed by atoms with Crippen LogP contribution in [0.3, 0.4) is 0 Å². The lowest BCUT2D eigenvalue weighted by Gasteiger charge is -2.09. The van der Waals surface area contributed by atoms with Crippen molar-refractivity contribution < 1.29 is 4.79 Å². The third-order valence-corrected chi connectivity index (χ3v) is 3.70. The van der Waals surface area contributed by atoms with Crippen molar-refractivity contribution in [3.05, 3.63) is 28.7 Å². The van der Waals surface area contributed by atoms with E-state index in [0.29, 0.717) is 5.75 Å². The molecule has 0 unspecified atom stereocenters. The summed E-state index contributed by atoms with van der Waals surface area (Å²) in [6, 6.07) is 7.90. The predicted octanol–water partition coefficient (Wildman–Crippen LogP) is 2.63. The number of rotatable bonds is 3. The van der Waals surface area contributed by atoms with Gasteiger partial charge in [0.2, 0.25) is 5.91 Å². The van der Waals surface area contributed by atoms with Crippen LogP contribution in [0.2, 0.25) is 0 Å². The first kappa shape index (κ1) is 11.6. The molecule has 76 valence electrons. The standard InChI is InChI=1S/C10H12BrNOS/c1-12(2)10(13)7-14-9-6-4-3-5-8(9)11/h3-6H,7H2,1-2H3. The molecule has 0 atom stereocenters. The van der Waals surface area contributed by atoms with E-state index in [-0.39, 0.29) is 5.91 Å². The van der Waals surface area contributed by atoms with E-state index in [9.17, 15) is 4.79 Å². The summed E-state index contributed by atoms with van der Waals surface area (Å²) in [4.78, 5) is 14.0. The molecule has 2 nitrogen and oxygen atoms in total. The van der Waals surface area contributed by atoms with Crippen molar-refractivity contribution in [1.29, 1.82) is 0 Å². The highest BCUT2D eigenvalue weighted by Gasteiger charge is 2.06. The second-order valence-electron chi connectivity index (χ2n) is 3.01. The number of amides is 1. The van der Waals surface area contributed by atoms with Crippen LogP contribution in [-0.2, 0) is 4.79 Å². The Morgan fingerprint density at radius 1 is 1.43 bits per heavy atom. The van der Waals surface area contributed by atoms with Crippen LogP contribution in [0, 0.1) is 0 Å². The summed E-state index contributed by atoms with van der Waals surface area (Å²) in [7, 11) is 3.53. The summed E-state index contributed by atoms with van der Waals surface area (Å²) in [5.74, 6) is 0.612. The molecule has 1 rings (SSSR count). The number of hydrogen-bond acceptors (Lipinski definition) is 2. The van der Waals surface area contributed by atoms with Crippen LogP contribution < -0.4 is 0 Å². The molecule has 0 heterocycles. The number of carbonyl (C=O) groups excluding carboxylic acids is 1. The summed E-state index contributed by atoms with van der Waals surface area (Å²) >= 11 is 4.98. The lowest BCUT2D eigenvalue weighted by atomic mass is 10.4. The molecule has 1 amide bonds. The smallest absolute Gasteiger partial charge is 0.232 e. The Hall–Kier alpha value is -0.480. The van der Waals surface area contributed by atoms with Gasteiger partial charge in [-0.25, -0.2) is 0 Å². The molecule has 1 aromatic carbocycles. The van der Waals surface area contributed by atoms with Crippen molar-refractivity contribution in [3.63, 3.8) is 0 Å². The van der Waals surface area contributed by atoms with Crippen LogP contribution in [0.15, 0.2) is 33.6 Å². The molecule has 0 aromatic heterocycles. The van der Waals surface area contributed by atoms with E-state index in [4.69, 9.17) is 0 Å². The molecule has 4 heteroatoms. The Balaban J connectivity index is 2.54. The SMILES string of the molecule is CN(C)C(=O)CSc1ccccc1Br. The van der Waals surface area contributed by atoms with Gasteiger partial charge in [0.05, 0.1) is 5.75 Å². The maximum atomic E-state index is 11.3. The molecule has 0 aliphatic rings. The second-order valence-corrected chi connectivity index (χ2v) is 4.88. The van der Waals surface area contributed by atoms with Gasteiger partial charge >= 0.3 is 0 Å². The van der Waals surface area contributed by atoms with Gasteiger partial charge in [-0.05, 0) is 28.1 Å². The van der Waals surface area contributed by atoms with Crippen LogP contribution >= 0.6 is 27.7 Å². The van der Waals surface area contributed by atoms with Crippen molar-refractivity contribution in [3.8, 4) is 0 Å². The Bertz CT molecular complexity index is 328. The first-order chi connectivity index (χ1) is 6.61. The van der Waals surface area contributed by atoms with E-state index in [2.05, 4.69) is 15.9 Å². The molecule has 0 N–H and O–H groups in total. The first-order valence-corrected chi connectivity index (χ1v) is 5.96. The quantitative estimate of drug-likeness (QED) is 0.790. The molecular weight excluding hydrogens is 262 g/mol. The van der Waals surface area contributed by atoms with Gasteiger partial charge in [-0.1, -0.05) is 12.1 Å². The zero-order chi connectivity index (χ0) is 10.6. The number of carbonyl (C=O) groups is 1. The Morgan fingerprint density at radius 3 is 2.64 bits per heavy atom. The molecule has 0 aliphatic carbocycles. The number of benzene rings is 1. The highest BCUT2D eigenvalue weighted by Crippen LogP contribution is 2.26. The fraction of sp³-hybridized carbons (Fsp3) is 0.300. The van der Waals surface area contributed by atoms with Crippen molar-refractivity contribution >= 4 is 33.6 Å². The molecule has 1 aromatic rings. The summed E-state index contributed by atoms with van der Waals surface area (Å²) in [5, 5.41) is 0. The Kier molecular flexibility index (Phi) is 4.48. The van der Waals surface area contributed by atoms with E-state index < -0.39 is 0 Å². The van der Waals surface area contributed by atoms with Gasteiger partial charge in [0.25, 0.3) is 0 Å². The van der Waals surface area contributed by atoms with Crippen LogP contribution in [0.5, 0.6) is 0 Å². The summed E-state index contributed by atoms with van der Waals surface area (Å²) in [6.45, 7) is 0. The Morgan fingerprint density at radius 2 is 2.07 bits per heavy atom. The fourth-order valence-corrected chi connectivity index (χ4v) is 2.38. The molecule has 0 radical (unpaired) electrons. The monoisotopic (exact) mass is 273 g/mol. The lowest BCUT2D eigenvalue weighted by molar-refractivity contribution is -0.125. The van der Waals surface area contributed by atoms with Gasteiger partial charge < -0.3 is 4.90 Å². The van der Waals surface area contributed by atoms with Crippen LogP contribution in [0.1, 0.15) is 0 Å². The number of thioether (sulfide) groups is 1. The van der Waals surface area contributed by atoms with E-state index in [1.807, 2.05) is 24.3 Å². The third kappa shape index (κ3) is 3.35. The number of halogens is 1. The maximum Gasteiger partial charge on any atom is 0.232 e. The molecular formula is C10H12BrNOS. The first-order valence-electron chi connectivity index (χ1n) is 4.18. The number of nitrogens with zero attached hydrogens (tertiary/aromatic N) is 1. The average Bonchev–Trinajstić information content (AvgIpc) is 2.16. The maximum absolute atomic E-state index is 11.3. The molecule has 0 saturated heterocycles.